The van der Waals surface area contributed by atoms with E-state index >= 15 is 0 Å². The number of carboxylic acids is 1. The average molecular weight is 655 g/mol. The predicted molar refractivity (Wildman–Crippen MR) is 116 cm³/mol. The molecule has 126 valence electrons. The van der Waals surface area contributed by atoms with E-state index in [1.807, 2.05) is 25.1 Å². The zero-order valence-electron chi connectivity index (χ0n) is 12.7. The highest BCUT2D eigenvalue weighted by molar-refractivity contribution is 14.1. The summed E-state index contributed by atoms with van der Waals surface area (Å²) in [6, 6.07) is 1.89. The SMILES string of the molecule is CC(CNC(=O)c1c(I)cc(I)c(N=CN(C)C)c1I)C(=O)O. The van der Waals surface area contributed by atoms with E-state index in [1.165, 1.54) is 0 Å². The van der Waals surface area contributed by atoms with Crippen molar-refractivity contribution in [1.82, 2.24) is 10.2 Å². The topological polar surface area (TPSA) is 82.0 Å². The van der Waals surface area contributed by atoms with Crippen molar-refractivity contribution in [2.45, 2.75) is 6.92 Å². The van der Waals surface area contributed by atoms with E-state index < -0.39 is 11.9 Å². The molecule has 0 aliphatic rings. The molecular formula is C14H16I3N3O3. The minimum atomic E-state index is -0.937. The first-order chi connectivity index (χ1) is 10.6. The van der Waals surface area contributed by atoms with E-state index in [1.54, 1.807) is 13.3 Å². The Morgan fingerprint density at radius 1 is 1.35 bits per heavy atom. The summed E-state index contributed by atoms with van der Waals surface area (Å²) in [4.78, 5) is 29.5. The predicted octanol–water partition coefficient (Wildman–Crippen LogP) is 3.17. The fourth-order valence-electron chi connectivity index (χ4n) is 1.50. The largest absolute Gasteiger partial charge is 0.481 e. The van der Waals surface area contributed by atoms with Gasteiger partial charge in [-0.3, -0.25) is 9.59 Å². The minimum absolute atomic E-state index is 0.0859. The van der Waals surface area contributed by atoms with Gasteiger partial charge in [-0.15, -0.1) is 0 Å². The van der Waals surface area contributed by atoms with Gasteiger partial charge in [0.2, 0.25) is 0 Å². The minimum Gasteiger partial charge on any atom is -0.481 e. The molecule has 0 heterocycles. The number of aliphatic imine (C=N–C) groups is 1. The van der Waals surface area contributed by atoms with Gasteiger partial charge in [0, 0.05) is 27.8 Å². The summed E-state index contributed by atoms with van der Waals surface area (Å²) in [5, 5.41) is 11.6. The summed E-state index contributed by atoms with van der Waals surface area (Å²) in [5.74, 6) is -1.86. The van der Waals surface area contributed by atoms with Gasteiger partial charge in [0.1, 0.15) is 0 Å². The Hall–Kier alpha value is -0.180. The number of carbonyl (C=O) groups is 2. The average Bonchev–Trinajstić information content (AvgIpc) is 2.43. The Balaban J connectivity index is 3.13. The van der Waals surface area contributed by atoms with Crippen LogP contribution in [0, 0.1) is 16.6 Å². The monoisotopic (exact) mass is 655 g/mol. The van der Waals surface area contributed by atoms with Gasteiger partial charge in [0.25, 0.3) is 5.91 Å². The second-order valence-electron chi connectivity index (χ2n) is 5.04. The van der Waals surface area contributed by atoms with Crippen LogP contribution in [-0.4, -0.2) is 48.9 Å². The van der Waals surface area contributed by atoms with Gasteiger partial charge in [-0.1, -0.05) is 6.92 Å². The van der Waals surface area contributed by atoms with Gasteiger partial charge in [0.15, 0.2) is 0 Å². The van der Waals surface area contributed by atoms with Crippen LogP contribution < -0.4 is 5.32 Å². The van der Waals surface area contributed by atoms with E-state index in [4.69, 9.17) is 5.11 Å². The lowest BCUT2D eigenvalue weighted by molar-refractivity contribution is -0.140. The molecule has 0 saturated carbocycles. The van der Waals surface area contributed by atoms with Gasteiger partial charge >= 0.3 is 5.97 Å². The second kappa shape index (κ2) is 9.34. The van der Waals surface area contributed by atoms with Crippen molar-refractivity contribution < 1.29 is 14.7 Å². The Bertz CT molecular complexity index is 648. The Labute approximate surface area is 175 Å². The molecule has 6 nitrogen and oxygen atoms in total. The molecular weight excluding hydrogens is 639 g/mol. The first-order valence-corrected chi connectivity index (χ1v) is 9.77. The normalized spacial score (nSPS) is 12.3. The van der Waals surface area contributed by atoms with Crippen LogP contribution in [0.4, 0.5) is 5.69 Å². The quantitative estimate of drug-likeness (QED) is 0.281. The molecule has 1 rings (SSSR count). The smallest absolute Gasteiger partial charge is 0.308 e. The van der Waals surface area contributed by atoms with Crippen LogP contribution in [0.3, 0.4) is 0 Å². The van der Waals surface area contributed by atoms with Crippen molar-refractivity contribution in [3.8, 4) is 0 Å². The molecule has 0 aliphatic heterocycles. The number of carboxylic acid groups (broad SMARTS) is 1. The summed E-state index contributed by atoms with van der Waals surface area (Å²) >= 11 is 6.40. The number of halogens is 3. The molecule has 1 aromatic rings. The van der Waals surface area contributed by atoms with Gasteiger partial charge in [-0.2, -0.15) is 0 Å². The lowest BCUT2D eigenvalue weighted by Gasteiger charge is -2.14. The number of carbonyl (C=O) groups excluding carboxylic acids is 1. The number of aliphatic carboxylic acids is 1. The van der Waals surface area contributed by atoms with E-state index in [0.29, 0.717) is 5.56 Å². The molecule has 1 aromatic carbocycles. The number of nitrogens with zero attached hydrogens (tertiary/aromatic N) is 2. The maximum atomic E-state index is 12.4. The molecule has 1 atom stereocenters. The third-order valence-electron chi connectivity index (χ3n) is 2.78. The summed E-state index contributed by atoms with van der Waals surface area (Å²) in [5.41, 5.74) is 1.26. The molecule has 0 aromatic heterocycles. The fourth-order valence-corrected chi connectivity index (χ4v) is 5.64. The molecule has 1 unspecified atom stereocenters. The number of rotatable bonds is 6. The maximum Gasteiger partial charge on any atom is 0.308 e. The van der Waals surface area contributed by atoms with Crippen molar-refractivity contribution in [3.63, 3.8) is 0 Å². The third kappa shape index (κ3) is 5.99. The lowest BCUT2D eigenvalue weighted by Crippen LogP contribution is -2.32. The third-order valence-corrected chi connectivity index (χ3v) is 5.50. The molecule has 0 bridgehead atoms. The lowest BCUT2D eigenvalue weighted by atomic mass is 10.1. The highest BCUT2D eigenvalue weighted by Gasteiger charge is 2.21. The second-order valence-corrected chi connectivity index (χ2v) is 8.44. The summed E-state index contributed by atoms with van der Waals surface area (Å²) < 4.78 is 2.50. The van der Waals surface area contributed by atoms with E-state index in [9.17, 15) is 9.59 Å². The van der Waals surface area contributed by atoms with Crippen molar-refractivity contribution in [2.24, 2.45) is 10.9 Å². The van der Waals surface area contributed by atoms with Gasteiger partial charge < -0.3 is 15.3 Å². The molecule has 0 aliphatic carbocycles. The van der Waals surface area contributed by atoms with E-state index in [0.717, 1.165) is 16.4 Å². The van der Waals surface area contributed by atoms with Crippen LogP contribution in [0.2, 0.25) is 0 Å². The van der Waals surface area contributed by atoms with Gasteiger partial charge in [-0.05, 0) is 73.8 Å². The molecule has 2 N–H and O–H groups in total. The Kier molecular flexibility index (Phi) is 8.47. The first-order valence-electron chi connectivity index (χ1n) is 6.54. The summed E-state index contributed by atoms with van der Waals surface area (Å²) in [6.07, 6.45) is 1.68. The maximum absolute atomic E-state index is 12.4. The Morgan fingerprint density at radius 3 is 2.48 bits per heavy atom. The zero-order chi connectivity index (χ0) is 17.7. The molecule has 1 amide bonds. The standard InChI is InChI=1S/C14H16I3N3O3/c1-7(14(22)23)5-18-13(21)10-8(15)4-9(16)12(11(10)17)19-6-20(2)3/h4,6-7H,5H2,1-3H3,(H,18,21)(H,22,23). The number of hydrogen-bond acceptors (Lipinski definition) is 3. The molecule has 23 heavy (non-hydrogen) atoms. The van der Waals surface area contributed by atoms with Crippen molar-refractivity contribution in [3.05, 3.63) is 22.3 Å². The van der Waals surface area contributed by atoms with Crippen LogP contribution in [0.25, 0.3) is 0 Å². The zero-order valence-corrected chi connectivity index (χ0v) is 19.2. The fraction of sp³-hybridized carbons (Fsp3) is 0.357. The van der Waals surface area contributed by atoms with Crippen LogP contribution in [0.5, 0.6) is 0 Å². The molecule has 0 spiro atoms. The molecule has 0 radical (unpaired) electrons. The van der Waals surface area contributed by atoms with Crippen LogP contribution in [0.15, 0.2) is 11.1 Å². The highest BCUT2D eigenvalue weighted by atomic mass is 127. The van der Waals surface area contributed by atoms with Gasteiger partial charge in [0.05, 0.1) is 27.1 Å². The van der Waals surface area contributed by atoms with E-state index in [-0.39, 0.29) is 12.5 Å². The molecule has 0 saturated heterocycles. The first kappa shape index (κ1) is 20.9. The molecule has 0 fully saturated rings. The number of nitrogens with one attached hydrogen (secondary N) is 1. The number of hydrogen-bond donors (Lipinski definition) is 2. The van der Waals surface area contributed by atoms with Gasteiger partial charge in [-0.25, -0.2) is 4.99 Å². The van der Waals surface area contributed by atoms with Crippen molar-refractivity contribution in [1.29, 1.82) is 0 Å². The summed E-state index contributed by atoms with van der Waals surface area (Å²) in [6.45, 7) is 1.64. The van der Waals surface area contributed by atoms with Crippen molar-refractivity contribution >= 4 is 91.7 Å². The Morgan fingerprint density at radius 2 is 1.96 bits per heavy atom. The number of amides is 1. The number of benzene rings is 1. The van der Waals surface area contributed by atoms with Crippen LogP contribution >= 0.6 is 67.8 Å². The highest BCUT2D eigenvalue weighted by Crippen LogP contribution is 2.33. The summed E-state index contributed by atoms with van der Waals surface area (Å²) in [7, 11) is 3.74. The molecule has 9 heteroatoms. The van der Waals surface area contributed by atoms with Crippen molar-refractivity contribution in [2.75, 3.05) is 20.6 Å². The van der Waals surface area contributed by atoms with Crippen LogP contribution in [0.1, 0.15) is 17.3 Å². The van der Waals surface area contributed by atoms with Crippen LogP contribution in [-0.2, 0) is 4.79 Å². The van der Waals surface area contributed by atoms with E-state index in [2.05, 4.69) is 78.1 Å².